The van der Waals surface area contributed by atoms with Crippen LogP contribution < -0.4 is 4.74 Å². The van der Waals surface area contributed by atoms with Gasteiger partial charge in [-0.25, -0.2) is 0 Å². The number of hydrogen-bond donors (Lipinski definition) is 1. The maximum absolute atomic E-state index is 9.71. The number of nitrogens with zero attached hydrogens (tertiary/aromatic N) is 1. The Morgan fingerprint density at radius 2 is 2.06 bits per heavy atom. The minimum Gasteiger partial charge on any atom is -0.486 e. The van der Waals surface area contributed by atoms with Crippen molar-refractivity contribution >= 4 is 10.9 Å². The predicted molar refractivity (Wildman–Crippen MR) is 68.1 cm³/mol. The minimum atomic E-state index is -0.450. The summed E-state index contributed by atoms with van der Waals surface area (Å²) in [5, 5.41) is 10.8. The molecular weight excluding hydrogens is 214 g/mol. The highest BCUT2D eigenvalue weighted by molar-refractivity contribution is 5.84. The van der Waals surface area contributed by atoms with Gasteiger partial charge in [-0.1, -0.05) is 25.1 Å². The molecule has 3 heteroatoms. The summed E-state index contributed by atoms with van der Waals surface area (Å²) in [5.41, 5.74) is 0.838. The number of fused-ring (bicyclic) bond motifs is 1. The molecule has 0 saturated heterocycles. The van der Waals surface area contributed by atoms with Crippen molar-refractivity contribution in [2.24, 2.45) is 0 Å². The van der Waals surface area contributed by atoms with Crippen LogP contribution in [0.2, 0.25) is 0 Å². The van der Waals surface area contributed by atoms with Gasteiger partial charge in [-0.3, -0.25) is 4.98 Å². The molecule has 0 saturated carbocycles. The monoisotopic (exact) mass is 231 g/mol. The molecule has 0 radical (unpaired) electrons. The van der Waals surface area contributed by atoms with Gasteiger partial charge in [-0.05, 0) is 25.5 Å². The van der Waals surface area contributed by atoms with Crippen LogP contribution in [-0.2, 0) is 0 Å². The van der Waals surface area contributed by atoms with Gasteiger partial charge in [0.05, 0.1) is 6.10 Å². The Morgan fingerprint density at radius 3 is 2.82 bits per heavy atom. The summed E-state index contributed by atoms with van der Waals surface area (Å²) >= 11 is 0. The van der Waals surface area contributed by atoms with E-state index in [4.69, 9.17) is 4.74 Å². The smallest absolute Gasteiger partial charge is 0.146 e. The molecule has 17 heavy (non-hydrogen) atoms. The van der Waals surface area contributed by atoms with Crippen molar-refractivity contribution in [3.63, 3.8) is 0 Å². The molecule has 90 valence electrons. The second-order valence-corrected chi connectivity index (χ2v) is 4.13. The van der Waals surface area contributed by atoms with Gasteiger partial charge in [-0.15, -0.1) is 0 Å². The zero-order valence-corrected chi connectivity index (χ0v) is 10.1. The van der Waals surface area contributed by atoms with Crippen LogP contribution in [0.1, 0.15) is 20.3 Å². The van der Waals surface area contributed by atoms with E-state index in [-0.39, 0.29) is 6.10 Å². The lowest BCUT2D eigenvalue weighted by Crippen LogP contribution is -2.27. The molecule has 2 rings (SSSR count). The molecule has 0 aliphatic rings. The van der Waals surface area contributed by atoms with E-state index in [1.165, 1.54) is 0 Å². The Hall–Kier alpha value is -1.61. The number of benzene rings is 1. The fourth-order valence-electron chi connectivity index (χ4n) is 1.78. The van der Waals surface area contributed by atoms with E-state index in [9.17, 15) is 5.11 Å². The Bertz CT molecular complexity index is 493. The van der Waals surface area contributed by atoms with Crippen molar-refractivity contribution in [1.82, 2.24) is 4.98 Å². The molecule has 1 heterocycles. The molecule has 0 aliphatic heterocycles. The Labute approximate surface area is 101 Å². The molecule has 2 unspecified atom stereocenters. The molecule has 0 spiro atoms. The number of rotatable bonds is 4. The van der Waals surface area contributed by atoms with Crippen molar-refractivity contribution in [2.45, 2.75) is 32.5 Å². The zero-order chi connectivity index (χ0) is 12.3. The summed E-state index contributed by atoms with van der Waals surface area (Å²) in [5.74, 6) is 0.725. The van der Waals surface area contributed by atoms with E-state index < -0.39 is 6.10 Å². The van der Waals surface area contributed by atoms with Crippen LogP contribution in [-0.4, -0.2) is 22.3 Å². The molecule has 1 aromatic heterocycles. The Balaban J connectivity index is 2.30. The van der Waals surface area contributed by atoms with Crippen LogP contribution >= 0.6 is 0 Å². The summed E-state index contributed by atoms with van der Waals surface area (Å²) in [7, 11) is 0. The molecule has 0 fully saturated rings. The topological polar surface area (TPSA) is 42.4 Å². The number of hydrogen-bond acceptors (Lipinski definition) is 3. The van der Waals surface area contributed by atoms with E-state index in [2.05, 4.69) is 4.98 Å². The SMILES string of the molecule is CCC(O)C(C)Oc1cccc2cccnc12. The first-order valence-electron chi connectivity index (χ1n) is 5.91. The molecule has 0 amide bonds. The zero-order valence-electron chi connectivity index (χ0n) is 10.1. The van der Waals surface area contributed by atoms with Crippen LogP contribution in [0, 0.1) is 0 Å². The van der Waals surface area contributed by atoms with Crippen molar-refractivity contribution in [2.75, 3.05) is 0 Å². The number of aliphatic hydroxyl groups excluding tert-OH is 1. The highest BCUT2D eigenvalue weighted by Crippen LogP contribution is 2.24. The van der Waals surface area contributed by atoms with Crippen molar-refractivity contribution in [3.05, 3.63) is 36.5 Å². The van der Waals surface area contributed by atoms with Gasteiger partial charge in [0.2, 0.25) is 0 Å². The number of ether oxygens (including phenoxy) is 1. The van der Waals surface area contributed by atoms with Gasteiger partial charge >= 0.3 is 0 Å². The van der Waals surface area contributed by atoms with Crippen LogP contribution in [0.4, 0.5) is 0 Å². The number of pyridine rings is 1. The standard InChI is InChI=1S/C14H17NO2/c1-3-12(16)10(2)17-13-8-4-6-11-7-5-9-15-14(11)13/h4-10,12,16H,3H2,1-2H3. The van der Waals surface area contributed by atoms with E-state index in [0.717, 1.165) is 16.7 Å². The third kappa shape index (κ3) is 2.56. The fourth-order valence-corrected chi connectivity index (χ4v) is 1.78. The van der Waals surface area contributed by atoms with Crippen LogP contribution in [0.25, 0.3) is 10.9 Å². The molecule has 3 nitrogen and oxygen atoms in total. The maximum atomic E-state index is 9.71. The van der Waals surface area contributed by atoms with Crippen LogP contribution in [0.15, 0.2) is 36.5 Å². The van der Waals surface area contributed by atoms with Gasteiger partial charge in [0.25, 0.3) is 0 Å². The number of para-hydroxylation sites is 1. The van der Waals surface area contributed by atoms with Gasteiger partial charge in [0, 0.05) is 11.6 Å². The summed E-state index contributed by atoms with van der Waals surface area (Å²) < 4.78 is 5.77. The third-order valence-corrected chi connectivity index (χ3v) is 2.87. The quantitative estimate of drug-likeness (QED) is 0.879. The largest absolute Gasteiger partial charge is 0.486 e. The normalized spacial score (nSPS) is 14.5. The first-order valence-corrected chi connectivity index (χ1v) is 5.91. The summed E-state index contributed by atoms with van der Waals surface area (Å²) in [4.78, 5) is 4.31. The fraction of sp³-hybridized carbons (Fsp3) is 0.357. The highest BCUT2D eigenvalue weighted by atomic mass is 16.5. The molecule has 1 aromatic carbocycles. The lowest BCUT2D eigenvalue weighted by Gasteiger charge is -2.19. The average Bonchev–Trinajstić information content (AvgIpc) is 2.38. The van der Waals surface area contributed by atoms with Crippen LogP contribution in [0.3, 0.4) is 0 Å². The Morgan fingerprint density at radius 1 is 1.29 bits per heavy atom. The summed E-state index contributed by atoms with van der Waals surface area (Å²) in [6.45, 7) is 3.81. The molecule has 0 aliphatic carbocycles. The lowest BCUT2D eigenvalue weighted by atomic mass is 10.1. The van der Waals surface area contributed by atoms with Gasteiger partial charge in [0.1, 0.15) is 17.4 Å². The summed E-state index contributed by atoms with van der Waals surface area (Å²) in [6.07, 6.45) is 1.75. The van der Waals surface area contributed by atoms with Gasteiger partial charge < -0.3 is 9.84 Å². The van der Waals surface area contributed by atoms with Crippen molar-refractivity contribution in [3.8, 4) is 5.75 Å². The Kier molecular flexibility index (Phi) is 3.59. The van der Waals surface area contributed by atoms with Crippen LogP contribution in [0.5, 0.6) is 5.75 Å². The second kappa shape index (κ2) is 5.15. The first-order chi connectivity index (χ1) is 8.22. The van der Waals surface area contributed by atoms with Crippen molar-refractivity contribution in [1.29, 1.82) is 0 Å². The van der Waals surface area contributed by atoms with Crippen molar-refractivity contribution < 1.29 is 9.84 Å². The lowest BCUT2D eigenvalue weighted by molar-refractivity contribution is 0.0459. The number of aromatic nitrogens is 1. The van der Waals surface area contributed by atoms with E-state index in [1.54, 1.807) is 6.20 Å². The highest BCUT2D eigenvalue weighted by Gasteiger charge is 2.15. The summed E-state index contributed by atoms with van der Waals surface area (Å²) in [6, 6.07) is 9.71. The first kappa shape index (κ1) is 11.9. The number of aliphatic hydroxyl groups is 1. The maximum Gasteiger partial charge on any atom is 0.146 e. The predicted octanol–water partition coefficient (Wildman–Crippen LogP) is 2.77. The van der Waals surface area contributed by atoms with Gasteiger partial charge in [-0.2, -0.15) is 0 Å². The molecule has 2 aromatic rings. The van der Waals surface area contributed by atoms with Gasteiger partial charge in [0.15, 0.2) is 0 Å². The second-order valence-electron chi connectivity index (χ2n) is 4.13. The minimum absolute atomic E-state index is 0.229. The van der Waals surface area contributed by atoms with E-state index >= 15 is 0 Å². The molecule has 1 N–H and O–H groups in total. The van der Waals surface area contributed by atoms with E-state index in [1.807, 2.05) is 44.2 Å². The molecular formula is C14H17NO2. The molecule has 2 atom stereocenters. The third-order valence-electron chi connectivity index (χ3n) is 2.87. The van der Waals surface area contributed by atoms with E-state index in [0.29, 0.717) is 6.42 Å². The molecule has 0 bridgehead atoms. The average molecular weight is 231 g/mol.